The van der Waals surface area contributed by atoms with Crippen molar-refractivity contribution in [2.45, 2.75) is 30.6 Å². The van der Waals surface area contributed by atoms with Gasteiger partial charge in [-0.25, -0.2) is 12.8 Å². The maximum absolute atomic E-state index is 12.9. The second-order valence-electron chi connectivity index (χ2n) is 7.20. The molecule has 1 fully saturated rings. The summed E-state index contributed by atoms with van der Waals surface area (Å²) in [5.41, 5.74) is 1.12. The van der Waals surface area contributed by atoms with Gasteiger partial charge >= 0.3 is 0 Å². The van der Waals surface area contributed by atoms with Crippen LogP contribution in [0.3, 0.4) is 0 Å². The Hall–Kier alpha value is -3.11. The van der Waals surface area contributed by atoms with E-state index in [1.165, 1.54) is 40.7 Å². The molecule has 2 aromatic carbocycles. The van der Waals surface area contributed by atoms with Gasteiger partial charge in [0, 0.05) is 37.2 Å². The van der Waals surface area contributed by atoms with Gasteiger partial charge in [-0.15, -0.1) is 0 Å². The molecule has 1 aliphatic rings. The molecule has 0 unspecified atom stereocenters. The molecular weight excluding hydrogens is 423 g/mol. The largest absolute Gasteiger partial charge is 0.339 e. The van der Waals surface area contributed by atoms with E-state index in [1.54, 1.807) is 12.1 Å². The molecule has 1 N–H and O–H groups in total. The number of nitrogens with zero attached hydrogens (tertiary/aromatic N) is 3. The summed E-state index contributed by atoms with van der Waals surface area (Å²) in [4.78, 5) is 16.5. The van der Waals surface area contributed by atoms with Gasteiger partial charge in [0.15, 0.2) is 0 Å². The van der Waals surface area contributed by atoms with Gasteiger partial charge in [-0.1, -0.05) is 5.16 Å². The number of hydrogen-bond acceptors (Lipinski definition) is 6. The Balaban J connectivity index is 1.36. The molecule has 0 atom stereocenters. The topological polar surface area (TPSA) is 105 Å². The highest BCUT2D eigenvalue weighted by Crippen LogP contribution is 2.24. The van der Waals surface area contributed by atoms with Crippen molar-refractivity contribution in [1.29, 1.82) is 0 Å². The number of amides is 1. The van der Waals surface area contributed by atoms with Gasteiger partial charge in [-0.3, -0.25) is 4.79 Å². The Labute approximate surface area is 179 Å². The summed E-state index contributed by atoms with van der Waals surface area (Å²) in [7, 11) is -3.48. The first kappa shape index (κ1) is 21.1. The monoisotopic (exact) mass is 444 g/mol. The Morgan fingerprint density at radius 2 is 1.74 bits per heavy atom. The molecule has 0 aliphatic carbocycles. The first-order valence-corrected chi connectivity index (χ1v) is 11.3. The fourth-order valence-corrected chi connectivity index (χ4v) is 4.82. The van der Waals surface area contributed by atoms with Crippen molar-refractivity contribution >= 4 is 21.6 Å². The van der Waals surface area contributed by atoms with Crippen LogP contribution in [-0.2, 0) is 21.2 Å². The first-order valence-electron chi connectivity index (χ1n) is 9.90. The lowest BCUT2D eigenvalue weighted by atomic mass is 10.2. The molecule has 1 saturated heterocycles. The number of hydrogen-bond donors (Lipinski definition) is 1. The van der Waals surface area contributed by atoms with Gasteiger partial charge in [0.05, 0.1) is 4.90 Å². The third-order valence-corrected chi connectivity index (χ3v) is 6.89. The summed E-state index contributed by atoms with van der Waals surface area (Å²) in [6, 6.07) is 11.8. The molecule has 2 heterocycles. The maximum Gasteiger partial charge on any atom is 0.243 e. The zero-order valence-electron chi connectivity index (χ0n) is 16.6. The van der Waals surface area contributed by atoms with Gasteiger partial charge in [0.1, 0.15) is 5.82 Å². The number of carbonyl (C=O) groups excluding carboxylic acids is 1. The quantitative estimate of drug-likeness (QED) is 0.600. The third kappa shape index (κ3) is 4.97. The van der Waals surface area contributed by atoms with E-state index in [0.29, 0.717) is 30.2 Å². The molecule has 0 saturated carbocycles. The summed E-state index contributed by atoms with van der Waals surface area (Å²) in [5, 5.41) is 6.57. The molecule has 4 rings (SSSR count). The summed E-state index contributed by atoms with van der Waals surface area (Å²) in [6.45, 7) is 1.10. The molecule has 0 spiro atoms. The van der Waals surface area contributed by atoms with Crippen LogP contribution in [0.4, 0.5) is 10.1 Å². The second kappa shape index (κ2) is 8.94. The lowest BCUT2D eigenvalue weighted by Crippen LogP contribution is -2.27. The minimum absolute atomic E-state index is 0.117. The van der Waals surface area contributed by atoms with Crippen LogP contribution in [0, 0.1) is 5.82 Å². The number of halogens is 1. The number of sulfonamides is 1. The summed E-state index contributed by atoms with van der Waals surface area (Å²) in [6.07, 6.45) is 2.11. The lowest BCUT2D eigenvalue weighted by molar-refractivity contribution is -0.116. The number of aromatic nitrogens is 2. The van der Waals surface area contributed by atoms with Gasteiger partial charge in [0.25, 0.3) is 0 Å². The number of aryl methyl sites for hydroxylation is 1. The highest BCUT2D eigenvalue weighted by Gasteiger charge is 2.27. The number of rotatable bonds is 7. The molecule has 1 aromatic heterocycles. The fourth-order valence-electron chi connectivity index (χ4n) is 3.30. The maximum atomic E-state index is 12.9. The van der Waals surface area contributed by atoms with Crippen molar-refractivity contribution < 1.29 is 22.1 Å². The minimum atomic E-state index is -3.48. The Morgan fingerprint density at radius 3 is 2.42 bits per heavy atom. The van der Waals surface area contributed by atoms with Crippen molar-refractivity contribution in [3.8, 4) is 11.4 Å². The predicted molar refractivity (Wildman–Crippen MR) is 111 cm³/mol. The van der Waals surface area contributed by atoms with E-state index in [-0.39, 0.29) is 35.4 Å². The zero-order chi connectivity index (χ0) is 21.8. The fraction of sp³-hybridized carbons (Fsp3) is 0.286. The Kier molecular flexibility index (Phi) is 6.10. The number of carbonyl (C=O) groups is 1. The van der Waals surface area contributed by atoms with Crippen molar-refractivity contribution in [3.05, 3.63) is 60.2 Å². The van der Waals surface area contributed by atoms with Gasteiger partial charge in [-0.2, -0.15) is 9.29 Å². The molecule has 162 valence electrons. The SMILES string of the molecule is O=C(CCc1nc(-c2ccc(S(=O)(=O)N3CCCC3)cc2)no1)Nc1ccc(F)cc1. The van der Waals surface area contributed by atoms with Crippen molar-refractivity contribution in [3.63, 3.8) is 0 Å². The highest BCUT2D eigenvalue weighted by atomic mass is 32.2. The van der Waals surface area contributed by atoms with E-state index >= 15 is 0 Å². The van der Waals surface area contributed by atoms with E-state index in [2.05, 4.69) is 15.5 Å². The molecule has 1 aliphatic heterocycles. The highest BCUT2D eigenvalue weighted by molar-refractivity contribution is 7.89. The van der Waals surface area contributed by atoms with E-state index in [9.17, 15) is 17.6 Å². The van der Waals surface area contributed by atoms with Crippen molar-refractivity contribution in [2.24, 2.45) is 0 Å². The van der Waals surface area contributed by atoms with Crippen LogP contribution in [0.5, 0.6) is 0 Å². The predicted octanol–water partition coefficient (Wildman–Crippen LogP) is 3.23. The number of benzene rings is 2. The van der Waals surface area contributed by atoms with Gasteiger partial charge in [-0.05, 0) is 61.4 Å². The Bertz CT molecular complexity index is 1150. The average Bonchev–Trinajstić information content (AvgIpc) is 3.47. The van der Waals surface area contributed by atoms with Crippen molar-refractivity contribution in [1.82, 2.24) is 14.4 Å². The van der Waals surface area contributed by atoms with Crippen molar-refractivity contribution in [2.75, 3.05) is 18.4 Å². The molecule has 8 nitrogen and oxygen atoms in total. The van der Waals surface area contributed by atoms with Crippen LogP contribution in [0.1, 0.15) is 25.2 Å². The molecular formula is C21H21FN4O4S. The first-order chi connectivity index (χ1) is 14.9. The standard InChI is InChI=1S/C21H21FN4O4S/c22-16-5-7-17(8-6-16)23-19(27)11-12-20-24-21(25-30-20)15-3-9-18(10-4-15)31(28,29)26-13-1-2-14-26/h3-10H,1-2,11-14H2,(H,23,27). The zero-order valence-corrected chi connectivity index (χ0v) is 17.4. The van der Waals surface area contributed by atoms with E-state index in [1.807, 2.05) is 0 Å². The summed E-state index contributed by atoms with van der Waals surface area (Å²) >= 11 is 0. The molecule has 31 heavy (non-hydrogen) atoms. The normalized spacial score (nSPS) is 14.6. The van der Waals surface area contributed by atoms with Crippen LogP contribution in [0.15, 0.2) is 57.9 Å². The van der Waals surface area contributed by atoms with E-state index in [4.69, 9.17) is 4.52 Å². The van der Waals surface area contributed by atoms with Crippen LogP contribution >= 0.6 is 0 Å². The second-order valence-corrected chi connectivity index (χ2v) is 9.14. The van der Waals surface area contributed by atoms with E-state index in [0.717, 1.165) is 12.8 Å². The molecule has 0 bridgehead atoms. The molecule has 1 amide bonds. The van der Waals surface area contributed by atoms with Gasteiger partial charge < -0.3 is 9.84 Å². The van der Waals surface area contributed by atoms with Crippen LogP contribution in [0.25, 0.3) is 11.4 Å². The molecule has 3 aromatic rings. The van der Waals surface area contributed by atoms with Crippen LogP contribution < -0.4 is 5.32 Å². The van der Waals surface area contributed by atoms with Crippen LogP contribution in [-0.4, -0.2) is 41.9 Å². The van der Waals surface area contributed by atoms with E-state index < -0.39 is 10.0 Å². The Morgan fingerprint density at radius 1 is 1.06 bits per heavy atom. The molecule has 10 heteroatoms. The average molecular weight is 444 g/mol. The summed E-state index contributed by atoms with van der Waals surface area (Å²) < 4.78 is 44.8. The minimum Gasteiger partial charge on any atom is -0.339 e. The number of anilines is 1. The molecule has 0 radical (unpaired) electrons. The lowest BCUT2D eigenvalue weighted by Gasteiger charge is -2.15. The smallest absolute Gasteiger partial charge is 0.243 e. The number of nitrogens with one attached hydrogen (secondary N) is 1. The summed E-state index contributed by atoms with van der Waals surface area (Å²) in [5.74, 6) is -0.0296. The van der Waals surface area contributed by atoms with Crippen LogP contribution in [0.2, 0.25) is 0 Å². The third-order valence-electron chi connectivity index (χ3n) is 4.98. The van der Waals surface area contributed by atoms with Gasteiger partial charge in [0.2, 0.25) is 27.6 Å².